The van der Waals surface area contributed by atoms with Crippen LogP contribution in [0.4, 0.5) is 0 Å². The number of rotatable bonds is 5. The van der Waals surface area contributed by atoms with Crippen molar-refractivity contribution in [2.24, 2.45) is 0 Å². The number of likely N-dealkylation sites (N-methyl/N-ethyl adjacent to an activating group) is 1. The molecular formula is C19H24N2O6S. The first-order valence-electron chi connectivity index (χ1n) is 8.92. The molecule has 1 atom stereocenters. The average molecular weight is 408 g/mol. The molecule has 2 aliphatic rings. The highest BCUT2D eigenvalue weighted by Crippen LogP contribution is 2.32. The van der Waals surface area contributed by atoms with Crippen LogP contribution in [0, 0.1) is 0 Å². The number of amides is 2. The molecule has 28 heavy (non-hydrogen) atoms. The van der Waals surface area contributed by atoms with Gasteiger partial charge in [-0.2, -0.15) is 0 Å². The standard InChI is InChI=1S/C19H24N2O6S/c1-20(15-5-7-28(24,25)12-15)19(23)11-21-6-4-13-8-16(26-2)17(27-3)9-14(13)10-18(21)22/h4,6,8-9,15H,5,7,10-12H2,1-3H3. The molecule has 1 saturated heterocycles. The highest BCUT2D eigenvalue weighted by Gasteiger charge is 2.33. The van der Waals surface area contributed by atoms with Crippen molar-refractivity contribution in [2.45, 2.75) is 18.9 Å². The molecule has 152 valence electrons. The Morgan fingerprint density at radius 2 is 1.93 bits per heavy atom. The minimum Gasteiger partial charge on any atom is -0.493 e. The number of fused-ring (bicyclic) bond motifs is 1. The Morgan fingerprint density at radius 3 is 2.54 bits per heavy atom. The van der Waals surface area contributed by atoms with E-state index in [4.69, 9.17) is 9.47 Å². The zero-order valence-electron chi connectivity index (χ0n) is 16.2. The number of hydrogen-bond donors (Lipinski definition) is 0. The van der Waals surface area contributed by atoms with Crippen molar-refractivity contribution in [1.82, 2.24) is 9.80 Å². The molecule has 8 nitrogen and oxygen atoms in total. The second kappa shape index (κ2) is 7.83. The number of sulfone groups is 1. The number of hydrogen-bond acceptors (Lipinski definition) is 6. The maximum Gasteiger partial charge on any atom is 0.242 e. The van der Waals surface area contributed by atoms with E-state index < -0.39 is 9.84 Å². The van der Waals surface area contributed by atoms with Crippen LogP contribution in [-0.4, -0.2) is 75.4 Å². The second-order valence-electron chi connectivity index (χ2n) is 6.98. The SMILES string of the molecule is COc1cc2c(cc1OC)CC(=O)N(CC(=O)N(C)C1CCS(=O)(=O)C1)C=C2. The summed E-state index contributed by atoms with van der Waals surface area (Å²) >= 11 is 0. The van der Waals surface area contributed by atoms with Crippen LogP contribution >= 0.6 is 0 Å². The maximum absolute atomic E-state index is 12.6. The van der Waals surface area contributed by atoms with Gasteiger partial charge in [0.2, 0.25) is 11.8 Å². The van der Waals surface area contributed by atoms with Crippen molar-refractivity contribution in [3.05, 3.63) is 29.5 Å². The van der Waals surface area contributed by atoms with Gasteiger partial charge in [0.05, 0.1) is 32.1 Å². The van der Waals surface area contributed by atoms with E-state index in [0.29, 0.717) is 17.9 Å². The highest BCUT2D eigenvalue weighted by atomic mass is 32.2. The summed E-state index contributed by atoms with van der Waals surface area (Å²) < 4.78 is 33.9. The van der Waals surface area contributed by atoms with E-state index >= 15 is 0 Å². The third-order valence-electron chi connectivity index (χ3n) is 5.20. The fourth-order valence-electron chi connectivity index (χ4n) is 3.45. The van der Waals surface area contributed by atoms with Crippen molar-refractivity contribution >= 4 is 27.7 Å². The Labute approximate surface area is 164 Å². The van der Waals surface area contributed by atoms with Gasteiger partial charge in [0.15, 0.2) is 21.3 Å². The molecule has 0 radical (unpaired) electrons. The van der Waals surface area contributed by atoms with Crippen LogP contribution < -0.4 is 9.47 Å². The molecule has 1 aromatic rings. The Bertz CT molecular complexity index is 925. The Balaban J connectivity index is 1.74. The average Bonchev–Trinajstić information content (AvgIpc) is 2.96. The first-order chi connectivity index (χ1) is 13.2. The fraction of sp³-hybridized carbons (Fsp3) is 0.474. The van der Waals surface area contributed by atoms with E-state index in [-0.39, 0.29) is 42.3 Å². The zero-order valence-corrected chi connectivity index (χ0v) is 17.0. The number of benzene rings is 1. The zero-order chi connectivity index (χ0) is 20.5. The third kappa shape index (κ3) is 4.14. The van der Waals surface area contributed by atoms with Crippen molar-refractivity contribution < 1.29 is 27.5 Å². The number of methoxy groups -OCH3 is 2. The van der Waals surface area contributed by atoms with Crippen molar-refractivity contribution in [3.8, 4) is 11.5 Å². The summed E-state index contributed by atoms with van der Waals surface area (Å²) in [6.45, 7) is -0.134. The predicted octanol–water partition coefficient (Wildman–Crippen LogP) is 0.705. The molecule has 9 heteroatoms. The van der Waals surface area contributed by atoms with Crippen molar-refractivity contribution in [1.29, 1.82) is 0 Å². The Morgan fingerprint density at radius 1 is 1.25 bits per heavy atom. The van der Waals surface area contributed by atoms with Gasteiger partial charge in [0.25, 0.3) is 0 Å². The normalized spacial score (nSPS) is 20.5. The van der Waals surface area contributed by atoms with Gasteiger partial charge in [-0.3, -0.25) is 9.59 Å². The maximum atomic E-state index is 12.6. The first-order valence-corrected chi connectivity index (χ1v) is 10.7. The topological polar surface area (TPSA) is 93.2 Å². The molecule has 1 unspecified atom stereocenters. The van der Waals surface area contributed by atoms with Crippen molar-refractivity contribution in [3.63, 3.8) is 0 Å². The monoisotopic (exact) mass is 408 g/mol. The third-order valence-corrected chi connectivity index (χ3v) is 6.95. The van der Waals surface area contributed by atoms with E-state index in [0.717, 1.165) is 11.1 Å². The Kier molecular flexibility index (Phi) is 5.64. The van der Waals surface area contributed by atoms with Crippen LogP contribution in [-0.2, 0) is 25.8 Å². The molecule has 0 N–H and O–H groups in total. The van der Waals surface area contributed by atoms with Crippen LogP contribution in [0.5, 0.6) is 11.5 Å². The van der Waals surface area contributed by atoms with Gasteiger partial charge in [-0.15, -0.1) is 0 Å². The lowest BCUT2D eigenvalue weighted by atomic mass is 10.0. The minimum absolute atomic E-state index is 0.0238. The molecule has 0 aliphatic carbocycles. The Hall–Kier alpha value is -2.55. The van der Waals surface area contributed by atoms with Gasteiger partial charge in [0, 0.05) is 19.3 Å². The lowest BCUT2D eigenvalue weighted by Gasteiger charge is -2.26. The van der Waals surface area contributed by atoms with Crippen LogP contribution in [0.15, 0.2) is 18.3 Å². The molecule has 0 saturated carbocycles. The summed E-state index contributed by atoms with van der Waals surface area (Å²) in [5.74, 6) is 0.657. The largest absolute Gasteiger partial charge is 0.493 e. The van der Waals surface area contributed by atoms with E-state index in [2.05, 4.69) is 0 Å². The van der Waals surface area contributed by atoms with Crippen LogP contribution in [0.1, 0.15) is 17.5 Å². The summed E-state index contributed by atoms with van der Waals surface area (Å²) in [5.41, 5.74) is 1.60. The number of ether oxygens (including phenoxy) is 2. The molecule has 0 aromatic heterocycles. The lowest BCUT2D eigenvalue weighted by molar-refractivity contribution is -0.138. The summed E-state index contributed by atoms with van der Waals surface area (Å²) in [5, 5.41) is 0. The molecular weight excluding hydrogens is 384 g/mol. The van der Waals surface area contributed by atoms with Gasteiger partial charge >= 0.3 is 0 Å². The molecule has 0 bridgehead atoms. The van der Waals surface area contributed by atoms with Crippen molar-refractivity contribution in [2.75, 3.05) is 39.3 Å². The molecule has 3 rings (SSSR count). The van der Waals surface area contributed by atoms with Gasteiger partial charge < -0.3 is 19.3 Å². The summed E-state index contributed by atoms with van der Waals surface area (Å²) in [6.07, 6.45) is 3.89. The van der Waals surface area contributed by atoms with Crippen LogP contribution in [0.25, 0.3) is 6.08 Å². The van der Waals surface area contributed by atoms with Gasteiger partial charge in [0.1, 0.15) is 6.54 Å². The smallest absolute Gasteiger partial charge is 0.242 e. The lowest BCUT2D eigenvalue weighted by Crippen LogP contribution is -2.44. The van der Waals surface area contributed by atoms with Crippen LogP contribution in [0.2, 0.25) is 0 Å². The first kappa shape index (κ1) is 20.2. The molecule has 2 amide bonds. The summed E-state index contributed by atoms with van der Waals surface area (Å²) in [7, 11) is 1.57. The molecule has 1 aromatic carbocycles. The van der Waals surface area contributed by atoms with Gasteiger partial charge in [-0.25, -0.2) is 8.42 Å². The quantitative estimate of drug-likeness (QED) is 0.712. The molecule has 1 fully saturated rings. The van der Waals surface area contributed by atoms with E-state index in [1.54, 1.807) is 38.6 Å². The highest BCUT2D eigenvalue weighted by molar-refractivity contribution is 7.91. The van der Waals surface area contributed by atoms with Gasteiger partial charge in [-0.1, -0.05) is 0 Å². The van der Waals surface area contributed by atoms with E-state index in [9.17, 15) is 18.0 Å². The molecule has 2 aliphatic heterocycles. The van der Waals surface area contributed by atoms with Crippen LogP contribution in [0.3, 0.4) is 0 Å². The second-order valence-corrected chi connectivity index (χ2v) is 9.21. The van der Waals surface area contributed by atoms with Gasteiger partial charge in [-0.05, 0) is 35.8 Å². The number of carbonyl (C=O) groups excluding carboxylic acids is 2. The summed E-state index contributed by atoms with van der Waals surface area (Å²) in [6, 6.07) is 3.21. The number of carbonyl (C=O) groups is 2. The molecule has 0 spiro atoms. The number of nitrogens with zero attached hydrogens (tertiary/aromatic N) is 2. The molecule has 2 heterocycles. The fourth-order valence-corrected chi connectivity index (χ4v) is 5.22. The minimum atomic E-state index is -3.09. The van der Waals surface area contributed by atoms with E-state index in [1.165, 1.54) is 16.9 Å². The predicted molar refractivity (Wildman–Crippen MR) is 104 cm³/mol. The van der Waals surface area contributed by atoms with E-state index in [1.807, 2.05) is 0 Å². The summed E-state index contributed by atoms with van der Waals surface area (Å²) in [4.78, 5) is 28.1.